The third-order valence-corrected chi connectivity index (χ3v) is 3.39. The summed E-state index contributed by atoms with van der Waals surface area (Å²) in [7, 11) is 0. The Bertz CT molecular complexity index is 401. The fourth-order valence-electron chi connectivity index (χ4n) is 2.17. The highest BCUT2D eigenvalue weighted by molar-refractivity contribution is 5.77. The van der Waals surface area contributed by atoms with Crippen molar-refractivity contribution in [2.24, 2.45) is 0 Å². The molecule has 0 amide bonds. The molecule has 0 saturated carbocycles. The van der Waals surface area contributed by atoms with Crippen molar-refractivity contribution in [3.8, 4) is 0 Å². The van der Waals surface area contributed by atoms with Crippen LogP contribution in [0.3, 0.4) is 0 Å². The largest absolute Gasteiger partial charge is 0.364 e. The molecule has 1 aliphatic rings. The average molecular weight is 233 g/mol. The van der Waals surface area contributed by atoms with Gasteiger partial charge in [-0.15, -0.1) is 0 Å². The highest BCUT2D eigenvalue weighted by Crippen LogP contribution is 2.21. The van der Waals surface area contributed by atoms with Crippen LogP contribution in [0.25, 0.3) is 0 Å². The summed E-state index contributed by atoms with van der Waals surface area (Å²) in [5.74, 6) is 0. The summed E-state index contributed by atoms with van der Waals surface area (Å²) in [4.78, 5) is 13.2. The van der Waals surface area contributed by atoms with E-state index in [1.165, 1.54) is 0 Å². The van der Waals surface area contributed by atoms with Crippen LogP contribution in [0, 0.1) is 0 Å². The minimum absolute atomic E-state index is 0.107. The minimum Gasteiger partial charge on any atom is -0.364 e. The van der Waals surface area contributed by atoms with Crippen molar-refractivity contribution in [2.75, 3.05) is 19.9 Å². The molecule has 1 aromatic carbocycles. The Morgan fingerprint density at radius 1 is 1.41 bits per heavy atom. The molecular weight excluding hydrogens is 214 g/mol. The van der Waals surface area contributed by atoms with Gasteiger partial charge in [0.1, 0.15) is 6.29 Å². The zero-order chi connectivity index (χ0) is 12.3. The molecule has 1 aliphatic heterocycles. The lowest BCUT2D eigenvalue weighted by molar-refractivity contribution is 0.112. The molecule has 0 N–H and O–H groups in total. The molecule has 0 atom stereocenters. The fraction of sp³-hybridized carbons (Fsp3) is 0.500. The van der Waals surface area contributed by atoms with Gasteiger partial charge in [0, 0.05) is 17.6 Å². The zero-order valence-corrected chi connectivity index (χ0v) is 10.5. The van der Waals surface area contributed by atoms with Crippen molar-refractivity contribution in [2.45, 2.75) is 25.8 Å². The summed E-state index contributed by atoms with van der Waals surface area (Å²) in [5, 5.41) is 0. The minimum atomic E-state index is 0.107. The van der Waals surface area contributed by atoms with Crippen LogP contribution >= 0.6 is 0 Å². The summed E-state index contributed by atoms with van der Waals surface area (Å²) in [6, 6.07) is 7.77. The first-order chi connectivity index (χ1) is 8.13. The zero-order valence-electron chi connectivity index (χ0n) is 10.5. The van der Waals surface area contributed by atoms with Crippen molar-refractivity contribution >= 4 is 6.29 Å². The molecule has 1 heterocycles. The predicted molar refractivity (Wildman–Crippen MR) is 67.1 cm³/mol. The van der Waals surface area contributed by atoms with Crippen LogP contribution < -0.4 is 0 Å². The molecule has 1 saturated heterocycles. The van der Waals surface area contributed by atoms with Crippen LogP contribution in [0.15, 0.2) is 24.3 Å². The van der Waals surface area contributed by atoms with E-state index in [-0.39, 0.29) is 5.54 Å². The van der Waals surface area contributed by atoms with Gasteiger partial charge in [0.25, 0.3) is 0 Å². The first-order valence-corrected chi connectivity index (χ1v) is 5.99. The van der Waals surface area contributed by atoms with Crippen molar-refractivity contribution in [1.82, 2.24) is 4.90 Å². The van der Waals surface area contributed by atoms with E-state index in [4.69, 9.17) is 4.74 Å². The van der Waals surface area contributed by atoms with Crippen LogP contribution in [0.2, 0.25) is 0 Å². The molecule has 17 heavy (non-hydrogen) atoms. The van der Waals surface area contributed by atoms with E-state index in [9.17, 15) is 4.79 Å². The van der Waals surface area contributed by atoms with Crippen LogP contribution in [-0.2, 0) is 11.2 Å². The van der Waals surface area contributed by atoms with Crippen molar-refractivity contribution < 1.29 is 9.53 Å². The fourth-order valence-corrected chi connectivity index (χ4v) is 2.17. The molecule has 1 fully saturated rings. The first-order valence-electron chi connectivity index (χ1n) is 5.99. The SMILES string of the molecule is CC1(C)COCN1CCc1ccccc1C=O. The van der Waals surface area contributed by atoms with Crippen molar-refractivity contribution in [3.63, 3.8) is 0 Å². The van der Waals surface area contributed by atoms with E-state index in [1.807, 2.05) is 24.3 Å². The maximum atomic E-state index is 10.9. The van der Waals surface area contributed by atoms with Crippen LogP contribution in [-0.4, -0.2) is 36.6 Å². The number of benzene rings is 1. The van der Waals surface area contributed by atoms with Crippen molar-refractivity contribution in [1.29, 1.82) is 0 Å². The Labute approximate surface area is 102 Å². The smallest absolute Gasteiger partial charge is 0.150 e. The predicted octanol–water partition coefficient (Wildman–Crippen LogP) is 2.11. The lowest BCUT2D eigenvalue weighted by Crippen LogP contribution is -2.41. The van der Waals surface area contributed by atoms with E-state index < -0.39 is 0 Å². The Balaban J connectivity index is 2.00. The topological polar surface area (TPSA) is 29.5 Å². The maximum absolute atomic E-state index is 10.9. The van der Waals surface area contributed by atoms with E-state index in [1.54, 1.807) is 0 Å². The first kappa shape index (κ1) is 12.3. The number of ether oxygens (including phenoxy) is 1. The standard InChI is InChI=1S/C14H19NO2/c1-14(2)10-17-11-15(14)8-7-12-5-3-4-6-13(12)9-16/h3-6,9H,7-8,10-11H2,1-2H3. The normalized spacial score (nSPS) is 19.4. The molecule has 2 rings (SSSR count). The van der Waals surface area contributed by atoms with Gasteiger partial charge in [0.05, 0.1) is 13.3 Å². The molecule has 3 nitrogen and oxygen atoms in total. The number of carbonyl (C=O) groups excluding carboxylic acids is 1. The number of aldehydes is 1. The molecule has 0 aromatic heterocycles. The molecule has 92 valence electrons. The molecular formula is C14H19NO2. The van der Waals surface area contributed by atoms with E-state index in [2.05, 4.69) is 18.7 Å². The highest BCUT2D eigenvalue weighted by atomic mass is 16.5. The lowest BCUT2D eigenvalue weighted by Gasteiger charge is -2.29. The summed E-state index contributed by atoms with van der Waals surface area (Å²) in [5.41, 5.74) is 2.02. The summed E-state index contributed by atoms with van der Waals surface area (Å²) >= 11 is 0. The highest BCUT2D eigenvalue weighted by Gasteiger charge is 2.32. The second-order valence-corrected chi connectivity index (χ2v) is 5.12. The molecule has 3 heteroatoms. The summed E-state index contributed by atoms with van der Waals surface area (Å²) in [6.45, 7) is 6.77. The van der Waals surface area contributed by atoms with Gasteiger partial charge in [0.2, 0.25) is 0 Å². The third kappa shape index (κ3) is 2.73. The Morgan fingerprint density at radius 3 is 2.82 bits per heavy atom. The Hall–Kier alpha value is -1.19. The van der Waals surface area contributed by atoms with Gasteiger partial charge in [0.15, 0.2) is 0 Å². The monoisotopic (exact) mass is 233 g/mol. The van der Waals surface area contributed by atoms with Gasteiger partial charge in [-0.2, -0.15) is 0 Å². The van der Waals surface area contributed by atoms with Gasteiger partial charge in [-0.25, -0.2) is 0 Å². The number of rotatable bonds is 4. The Morgan fingerprint density at radius 2 is 2.18 bits per heavy atom. The Kier molecular flexibility index (Phi) is 3.60. The number of nitrogens with zero attached hydrogens (tertiary/aromatic N) is 1. The molecule has 0 unspecified atom stereocenters. The molecule has 1 aromatic rings. The van der Waals surface area contributed by atoms with Gasteiger partial charge >= 0.3 is 0 Å². The van der Waals surface area contributed by atoms with Crippen LogP contribution in [0.1, 0.15) is 29.8 Å². The summed E-state index contributed by atoms with van der Waals surface area (Å²) < 4.78 is 5.47. The van der Waals surface area contributed by atoms with Gasteiger partial charge in [-0.05, 0) is 25.8 Å². The number of hydrogen-bond donors (Lipinski definition) is 0. The van der Waals surface area contributed by atoms with Gasteiger partial charge in [-0.3, -0.25) is 9.69 Å². The molecule has 0 spiro atoms. The number of carbonyl (C=O) groups is 1. The number of hydrogen-bond acceptors (Lipinski definition) is 3. The van der Waals surface area contributed by atoms with E-state index in [0.717, 1.165) is 37.0 Å². The second kappa shape index (κ2) is 4.98. The third-order valence-electron chi connectivity index (χ3n) is 3.39. The lowest BCUT2D eigenvalue weighted by atomic mass is 10.0. The maximum Gasteiger partial charge on any atom is 0.150 e. The van der Waals surface area contributed by atoms with Gasteiger partial charge < -0.3 is 4.74 Å². The average Bonchev–Trinajstić information content (AvgIpc) is 2.66. The van der Waals surface area contributed by atoms with Crippen molar-refractivity contribution in [3.05, 3.63) is 35.4 Å². The molecule has 0 aliphatic carbocycles. The van der Waals surface area contributed by atoms with E-state index >= 15 is 0 Å². The molecule has 0 radical (unpaired) electrons. The van der Waals surface area contributed by atoms with Crippen LogP contribution in [0.5, 0.6) is 0 Å². The second-order valence-electron chi connectivity index (χ2n) is 5.12. The van der Waals surface area contributed by atoms with E-state index in [0.29, 0.717) is 6.73 Å². The summed E-state index contributed by atoms with van der Waals surface area (Å²) in [6.07, 6.45) is 1.82. The quantitative estimate of drug-likeness (QED) is 0.746. The van der Waals surface area contributed by atoms with Crippen LogP contribution in [0.4, 0.5) is 0 Å². The molecule has 0 bridgehead atoms. The van der Waals surface area contributed by atoms with Gasteiger partial charge in [-0.1, -0.05) is 24.3 Å².